The molecule has 1 aromatic carbocycles. The quantitative estimate of drug-likeness (QED) is 0.837. The Morgan fingerprint density at radius 1 is 1.48 bits per heavy atom. The minimum Gasteiger partial charge on any atom is -0.380 e. The maximum absolute atomic E-state index is 12.2. The van der Waals surface area contributed by atoms with Gasteiger partial charge in [-0.1, -0.05) is 28.9 Å². The number of hydrogen-bond acceptors (Lipinski definition) is 4. The number of amides is 1. The molecule has 21 heavy (non-hydrogen) atoms. The molecule has 0 fully saturated rings. The Morgan fingerprint density at radius 2 is 2.29 bits per heavy atom. The molecule has 6 nitrogen and oxygen atoms in total. The molecule has 0 radical (unpaired) electrons. The van der Waals surface area contributed by atoms with E-state index in [4.69, 9.17) is 4.74 Å². The van der Waals surface area contributed by atoms with Crippen LogP contribution in [0.3, 0.4) is 0 Å². The third kappa shape index (κ3) is 3.89. The van der Waals surface area contributed by atoms with Crippen molar-refractivity contribution >= 4 is 27.5 Å². The van der Waals surface area contributed by atoms with Gasteiger partial charge in [0, 0.05) is 29.3 Å². The van der Waals surface area contributed by atoms with E-state index >= 15 is 0 Å². The summed E-state index contributed by atoms with van der Waals surface area (Å²) in [6.45, 7) is 2.44. The molecule has 2 aromatic rings. The highest BCUT2D eigenvalue weighted by molar-refractivity contribution is 9.10. The van der Waals surface area contributed by atoms with Crippen LogP contribution in [0, 0.1) is 0 Å². The molecule has 2 rings (SSSR count). The third-order valence-electron chi connectivity index (χ3n) is 2.88. The molecule has 0 aliphatic carbocycles. The number of carbonyl (C=O) groups is 1. The predicted octanol–water partition coefficient (Wildman–Crippen LogP) is 2.92. The maximum Gasteiger partial charge on any atom is 0.295 e. The van der Waals surface area contributed by atoms with Crippen LogP contribution in [-0.4, -0.2) is 28.2 Å². The van der Waals surface area contributed by atoms with Crippen LogP contribution in [0.2, 0.25) is 0 Å². The van der Waals surface area contributed by atoms with Gasteiger partial charge in [-0.3, -0.25) is 9.89 Å². The second-order valence-corrected chi connectivity index (χ2v) is 5.36. The number of nitrogens with one attached hydrogen (secondary N) is 2. The first kappa shape index (κ1) is 15.7. The van der Waals surface area contributed by atoms with E-state index in [1.54, 1.807) is 7.11 Å². The van der Waals surface area contributed by atoms with E-state index in [0.29, 0.717) is 18.1 Å². The summed E-state index contributed by atoms with van der Waals surface area (Å²) in [5, 5.41) is 9.52. The van der Waals surface area contributed by atoms with Gasteiger partial charge in [0.2, 0.25) is 5.82 Å². The first-order valence-corrected chi connectivity index (χ1v) is 7.44. The molecule has 0 spiro atoms. The molecular formula is C14H17BrN4O2. The molecule has 7 heteroatoms. The van der Waals surface area contributed by atoms with Gasteiger partial charge in [-0.25, -0.2) is 4.98 Å². The number of ether oxygens (including phenoxy) is 1. The lowest BCUT2D eigenvalue weighted by Gasteiger charge is -2.11. The predicted molar refractivity (Wildman–Crippen MR) is 83.2 cm³/mol. The van der Waals surface area contributed by atoms with E-state index in [1.165, 1.54) is 0 Å². The van der Waals surface area contributed by atoms with Crippen molar-refractivity contribution in [3.05, 3.63) is 39.9 Å². The zero-order valence-corrected chi connectivity index (χ0v) is 13.5. The lowest BCUT2D eigenvalue weighted by atomic mass is 10.2. The Balaban J connectivity index is 2.17. The van der Waals surface area contributed by atoms with Crippen molar-refractivity contribution in [2.24, 2.45) is 0 Å². The molecule has 2 N–H and O–H groups in total. The van der Waals surface area contributed by atoms with E-state index in [0.717, 1.165) is 22.9 Å². The number of anilines is 1. The van der Waals surface area contributed by atoms with Crippen LogP contribution in [-0.2, 0) is 17.8 Å². The summed E-state index contributed by atoms with van der Waals surface area (Å²) in [5.74, 6) is 0.514. The number of rotatable bonds is 6. The number of benzene rings is 1. The van der Waals surface area contributed by atoms with Crippen molar-refractivity contribution in [2.45, 2.75) is 26.4 Å². The minimum absolute atomic E-state index is 0.141. The van der Waals surface area contributed by atoms with Crippen molar-refractivity contribution in [1.82, 2.24) is 15.2 Å². The number of aromatic amines is 1. The van der Waals surface area contributed by atoms with E-state index in [2.05, 4.69) is 36.4 Å². The summed E-state index contributed by atoms with van der Waals surface area (Å²) in [6.07, 6.45) is 1.71. The van der Waals surface area contributed by atoms with Crippen LogP contribution in [0.1, 0.15) is 35.4 Å². The number of nitrogens with zero attached hydrogens (tertiary/aromatic N) is 2. The topological polar surface area (TPSA) is 79.9 Å². The number of hydrogen-bond donors (Lipinski definition) is 2. The second-order valence-electron chi connectivity index (χ2n) is 4.51. The highest BCUT2D eigenvalue weighted by Gasteiger charge is 2.15. The van der Waals surface area contributed by atoms with Gasteiger partial charge in [-0.15, -0.1) is 5.10 Å². The Morgan fingerprint density at radius 3 is 3.00 bits per heavy atom. The summed E-state index contributed by atoms with van der Waals surface area (Å²) >= 11 is 3.45. The first-order valence-electron chi connectivity index (χ1n) is 6.64. The Labute approximate surface area is 131 Å². The molecule has 1 amide bonds. The van der Waals surface area contributed by atoms with E-state index in [9.17, 15) is 4.79 Å². The van der Waals surface area contributed by atoms with Gasteiger partial charge in [0.05, 0.1) is 6.61 Å². The fourth-order valence-corrected chi connectivity index (χ4v) is 2.37. The SMILES string of the molecule is CCCc1nc(C(=O)Nc2cccc(Br)c2COC)n[nH]1. The molecule has 0 aliphatic heterocycles. The summed E-state index contributed by atoms with van der Waals surface area (Å²) in [5.41, 5.74) is 1.55. The smallest absolute Gasteiger partial charge is 0.295 e. The number of carbonyl (C=O) groups excluding carboxylic acids is 1. The number of H-pyrrole nitrogens is 1. The normalized spacial score (nSPS) is 10.6. The number of halogens is 1. The van der Waals surface area contributed by atoms with Crippen LogP contribution in [0.4, 0.5) is 5.69 Å². The van der Waals surface area contributed by atoms with Crippen molar-refractivity contribution in [3.8, 4) is 0 Å². The fraction of sp³-hybridized carbons (Fsp3) is 0.357. The Bertz CT molecular complexity index is 627. The summed E-state index contributed by atoms with van der Waals surface area (Å²) < 4.78 is 6.03. The standard InChI is InChI=1S/C14H17BrN4O2/c1-3-5-12-17-13(19-18-12)14(20)16-11-7-4-6-10(15)9(11)8-21-2/h4,6-7H,3,5,8H2,1-2H3,(H,16,20)(H,17,18,19). The summed E-state index contributed by atoms with van der Waals surface area (Å²) in [6, 6.07) is 5.56. The highest BCUT2D eigenvalue weighted by atomic mass is 79.9. The van der Waals surface area contributed by atoms with E-state index in [-0.39, 0.29) is 11.7 Å². The zero-order valence-electron chi connectivity index (χ0n) is 11.9. The van der Waals surface area contributed by atoms with Crippen molar-refractivity contribution in [2.75, 3.05) is 12.4 Å². The lowest BCUT2D eigenvalue weighted by molar-refractivity contribution is 0.101. The highest BCUT2D eigenvalue weighted by Crippen LogP contribution is 2.25. The molecular weight excluding hydrogens is 336 g/mol. The van der Waals surface area contributed by atoms with Gasteiger partial charge in [-0.05, 0) is 18.6 Å². The molecule has 0 unspecified atom stereocenters. The van der Waals surface area contributed by atoms with Crippen LogP contribution < -0.4 is 5.32 Å². The Kier molecular flexibility index (Phi) is 5.46. The van der Waals surface area contributed by atoms with Gasteiger partial charge in [-0.2, -0.15) is 0 Å². The molecule has 1 aromatic heterocycles. The molecule has 112 valence electrons. The van der Waals surface area contributed by atoms with Gasteiger partial charge >= 0.3 is 0 Å². The average molecular weight is 353 g/mol. The molecule has 0 saturated heterocycles. The van der Waals surface area contributed by atoms with E-state index < -0.39 is 0 Å². The van der Waals surface area contributed by atoms with Crippen LogP contribution >= 0.6 is 15.9 Å². The minimum atomic E-state index is -0.343. The zero-order chi connectivity index (χ0) is 15.2. The van der Waals surface area contributed by atoms with Crippen molar-refractivity contribution in [3.63, 3.8) is 0 Å². The van der Waals surface area contributed by atoms with E-state index in [1.807, 2.05) is 25.1 Å². The second kappa shape index (κ2) is 7.33. The monoisotopic (exact) mass is 352 g/mol. The molecule has 0 aliphatic rings. The van der Waals surface area contributed by atoms with Crippen LogP contribution in [0.25, 0.3) is 0 Å². The molecule has 0 saturated carbocycles. The molecule has 0 atom stereocenters. The van der Waals surface area contributed by atoms with Gasteiger partial charge in [0.25, 0.3) is 5.91 Å². The largest absolute Gasteiger partial charge is 0.380 e. The maximum atomic E-state index is 12.2. The Hall–Kier alpha value is -1.73. The summed E-state index contributed by atoms with van der Waals surface area (Å²) in [4.78, 5) is 16.4. The van der Waals surface area contributed by atoms with Gasteiger partial charge in [0.1, 0.15) is 5.82 Å². The number of methoxy groups -OCH3 is 1. The number of aromatic nitrogens is 3. The number of aryl methyl sites for hydroxylation is 1. The average Bonchev–Trinajstić information content (AvgIpc) is 2.92. The molecule has 0 bridgehead atoms. The lowest BCUT2D eigenvalue weighted by Crippen LogP contribution is -2.15. The van der Waals surface area contributed by atoms with Crippen LogP contribution in [0.15, 0.2) is 22.7 Å². The van der Waals surface area contributed by atoms with Crippen molar-refractivity contribution in [1.29, 1.82) is 0 Å². The summed E-state index contributed by atoms with van der Waals surface area (Å²) in [7, 11) is 1.61. The first-order chi connectivity index (χ1) is 10.2. The third-order valence-corrected chi connectivity index (χ3v) is 3.62. The fourth-order valence-electron chi connectivity index (χ4n) is 1.89. The van der Waals surface area contributed by atoms with Crippen molar-refractivity contribution < 1.29 is 9.53 Å². The van der Waals surface area contributed by atoms with Gasteiger partial charge in [0.15, 0.2) is 0 Å². The molecule has 1 heterocycles. The van der Waals surface area contributed by atoms with Gasteiger partial charge < -0.3 is 10.1 Å². The van der Waals surface area contributed by atoms with Crippen LogP contribution in [0.5, 0.6) is 0 Å².